The highest BCUT2D eigenvalue weighted by Gasteiger charge is 2.18. The number of aliphatic carboxylic acids is 1. The summed E-state index contributed by atoms with van der Waals surface area (Å²) in [5.74, 6) is -0.713. The fraction of sp³-hybridized carbons (Fsp3) is 0.833. The van der Waals surface area contributed by atoms with E-state index in [1.54, 1.807) is 0 Å². The molecule has 0 radical (unpaired) electrons. The minimum absolute atomic E-state index is 0. The van der Waals surface area contributed by atoms with Crippen LogP contribution in [-0.2, 0) is 4.79 Å². The van der Waals surface area contributed by atoms with Crippen LogP contribution in [0.15, 0.2) is 0 Å². The van der Waals surface area contributed by atoms with Crippen molar-refractivity contribution in [3.63, 3.8) is 0 Å². The van der Waals surface area contributed by atoms with Gasteiger partial charge in [0.2, 0.25) is 0 Å². The molecule has 0 aromatic carbocycles. The molecule has 1 heterocycles. The monoisotopic (exact) mass is 147 g/mol. The molecule has 1 rings (SSSR count). The summed E-state index contributed by atoms with van der Waals surface area (Å²) < 4.78 is 0. The Hall–Kier alpha value is -0.610. The predicted octanol–water partition coefficient (Wildman–Crippen LogP) is -0.612. The molecule has 10 heavy (non-hydrogen) atoms. The third-order valence-electron chi connectivity index (χ3n) is 1.61. The second-order valence-electron chi connectivity index (χ2n) is 2.34. The first-order chi connectivity index (χ1) is 4.30. The van der Waals surface area contributed by atoms with E-state index in [9.17, 15) is 4.79 Å². The van der Waals surface area contributed by atoms with Crippen molar-refractivity contribution in [3.8, 4) is 0 Å². The van der Waals surface area contributed by atoms with Crippen LogP contribution in [0.1, 0.15) is 19.3 Å². The van der Waals surface area contributed by atoms with Crippen molar-refractivity contribution in [2.45, 2.75) is 25.3 Å². The molecule has 0 amide bonds. The molecule has 60 valence electrons. The zero-order valence-corrected chi connectivity index (χ0v) is 5.76. The second-order valence-corrected chi connectivity index (χ2v) is 2.34. The summed E-state index contributed by atoms with van der Waals surface area (Å²) in [6, 6.07) is -0.279. The first-order valence-electron chi connectivity index (χ1n) is 3.27. The van der Waals surface area contributed by atoms with Crippen LogP contribution in [-0.4, -0.2) is 29.1 Å². The Kier molecular flexibility index (Phi) is 3.99. The van der Waals surface area contributed by atoms with Crippen molar-refractivity contribution in [1.29, 1.82) is 0 Å². The van der Waals surface area contributed by atoms with Crippen molar-refractivity contribution in [2.75, 3.05) is 6.54 Å². The third kappa shape index (κ3) is 2.33. The molecular formula is C6H13NO3. The fourth-order valence-corrected chi connectivity index (χ4v) is 1.06. The van der Waals surface area contributed by atoms with Crippen molar-refractivity contribution in [2.24, 2.45) is 0 Å². The zero-order chi connectivity index (χ0) is 6.69. The van der Waals surface area contributed by atoms with Gasteiger partial charge >= 0.3 is 5.97 Å². The van der Waals surface area contributed by atoms with Gasteiger partial charge in [-0.25, -0.2) is 0 Å². The Morgan fingerprint density at radius 3 is 2.50 bits per heavy atom. The van der Waals surface area contributed by atoms with Gasteiger partial charge in [0.05, 0.1) is 0 Å². The minimum atomic E-state index is -0.713. The van der Waals surface area contributed by atoms with Gasteiger partial charge in [-0.05, 0) is 19.4 Å². The maximum atomic E-state index is 10.3. The summed E-state index contributed by atoms with van der Waals surface area (Å²) in [6.07, 6.45) is 2.95. The maximum absolute atomic E-state index is 10.3. The smallest absolute Gasteiger partial charge is 0.320 e. The van der Waals surface area contributed by atoms with Crippen LogP contribution in [0.2, 0.25) is 0 Å². The van der Waals surface area contributed by atoms with Gasteiger partial charge < -0.3 is 15.9 Å². The number of nitrogens with one attached hydrogen (secondary N) is 1. The van der Waals surface area contributed by atoms with Crippen molar-refractivity contribution in [3.05, 3.63) is 0 Å². The lowest BCUT2D eigenvalue weighted by molar-refractivity contribution is -0.140. The van der Waals surface area contributed by atoms with Crippen LogP contribution in [0.3, 0.4) is 0 Å². The zero-order valence-electron chi connectivity index (χ0n) is 5.76. The SMILES string of the molecule is O.O=C(O)[C@@H]1CCCCN1. The Morgan fingerprint density at radius 1 is 1.50 bits per heavy atom. The lowest BCUT2D eigenvalue weighted by Gasteiger charge is -2.18. The van der Waals surface area contributed by atoms with E-state index in [1.165, 1.54) is 0 Å². The van der Waals surface area contributed by atoms with E-state index in [4.69, 9.17) is 5.11 Å². The Balaban J connectivity index is 0.000000810. The fourth-order valence-electron chi connectivity index (χ4n) is 1.06. The first-order valence-corrected chi connectivity index (χ1v) is 3.27. The molecule has 0 aliphatic carbocycles. The van der Waals surface area contributed by atoms with Crippen LogP contribution < -0.4 is 5.32 Å². The standard InChI is InChI=1S/C6H11NO2.H2O/c8-6(9)5-3-1-2-4-7-5;/h5,7H,1-4H2,(H,8,9);1H2/t5-;/m0./s1. The number of piperidine rings is 1. The minimum Gasteiger partial charge on any atom is -0.480 e. The number of carboxylic acids is 1. The number of hydrogen-bond donors (Lipinski definition) is 2. The Labute approximate surface area is 59.5 Å². The van der Waals surface area contributed by atoms with E-state index >= 15 is 0 Å². The molecule has 0 aromatic rings. The number of carboxylic acid groups (broad SMARTS) is 1. The molecule has 1 aliphatic rings. The van der Waals surface area contributed by atoms with Crippen LogP contribution >= 0.6 is 0 Å². The van der Waals surface area contributed by atoms with Gasteiger partial charge in [0.25, 0.3) is 0 Å². The van der Waals surface area contributed by atoms with Crippen LogP contribution in [0.5, 0.6) is 0 Å². The molecule has 0 bridgehead atoms. The molecule has 0 unspecified atom stereocenters. The summed E-state index contributed by atoms with van der Waals surface area (Å²) >= 11 is 0. The molecule has 4 nitrogen and oxygen atoms in total. The molecule has 4 heteroatoms. The van der Waals surface area contributed by atoms with Crippen LogP contribution in [0.4, 0.5) is 0 Å². The van der Waals surface area contributed by atoms with Gasteiger partial charge in [-0.15, -0.1) is 0 Å². The highest BCUT2D eigenvalue weighted by Crippen LogP contribution is 2.05. The van der Waals surface area contributed by atoms with Crippen molar-refractivity contribution >= 4 is 5.97 Å². The van der Waals surface area contributed by atoms with Crippen LogP contribution in [0.25, 0.3) is 0 Å². The van der Waals surface area contributed by atoms with Gasteiger partial charge in [0, 0.05) is 0 Å². The van der Waals surface area contributed by atoms with E-state index in [2.05, 4.69) is 5.32 Å². The normalized spacial score (nSPS) is 25.0. The van der Waals surface area contributed by atoms with E-state index in [0.29, 0.717) is 0 Å². The summed E-state index contributed by atoms with van der Waals surface area (Å²) in [5.41, 5.74) is 0. The van der Waals surface area contributed by atoms with Gasteiger partial charge in [-0.2, -0.15) is 0 Å². The first kappa shape index (κ1) is 9.39. The molecule has 0 saturated carbocycles. The van der Waals surface area contributed by atoms with Crippen LogP contribution in [0, 0.1) is 0 Å². The van der Waals surface area contributed by atoms with Crippen molar-refractivity contribution < 1.29 is 15.4 Å². The molecule has 0 spiro atoms. The van der Waals surface area contributed by atoms with Gasteiger partial charge in [-0.3, -0.25) is 4.79 Å². The molecule has 1 fully saturated rings. The quantitative estimate of drug-likeness (QED) is 0.519. The predicted molar refractivity (Wildman–Crippen MR) is 36.9 cm³/mol. The number of hydrogen-bond acceptors (Lipinski definition) is 2. The lowest BCUT2D eigenvalue weighted by atomic mass is 10.1. The number of rotatable bonds is 1. The van der Waals surface area contributed by atoms with E-state index < -0.39 is 5.97 Å². The summed E-state index contributed by atoms with van der Waals surface area (Å²) in [4.78, 5) is 10.3. The average Bonchev–Trinajstić information content (AvgIpc) is 1.90. The lowest BCUT2D eigenvalue weighted by Crippen LogP contribution is -2.40. The van der Waals surface area contributed by atoms with E-state index in [0.717, 1.165) is 25.8 Å². The number of carbonyl (C=O) groups is 1. The second kappa shape index (κ2) is 4.24. The summed E-state index contributed by atoms with van der Waals surface area (Å²) in [5, 5.41) is 11.4. The highest BCUT2D eigenvalue weighted by molar-refractivity contribution is 5.73. The third-order valence-corrected chi connectivity index (χ3v) is 1.61. The topological polar surface area (TPSA) is 80.8 Å². The highest BCUT2D eigenvalue weighted by atomic mass is 16.4. The molecule has 1 atom stereocenters. The largest absolute Gasteiger partial charge is 0.480 e. The van der Waals surface area contributed by atoms with Gasteiger partial charge in [-0.1, -0.05) is 6.42 Å². The summed E-state index contributed by atoms with van der Waals surface area (Å²) in [7, 11) is 0. The van der Waals surface area contributed by atoms with Gasteiger partial charge in [0.1, 0.15) is 6.04 Å². The molecular weight excluding hydrogens is 134 g/mol. The Bertz CT molecular complexity index is 110. The molecule has 4 N–H and O–H groups in total. The Morgan fingerprint density at radius 2 is 2.20 bits per heavy atom. The molecule has 1 saturated heterocycles. The van der Waals surface area contributed by atoms with E-state index in [1.807, 2.05) is 0 Å². The van der Waals surface area contributed by atoms with E-state index in [-0.39, 0.29) is 11.5 Å². The average molecular weight is 147 g/mol. The van der Waals surface area contributed by atoms with Gasteiger partial charge in [0.15, 0.2) is 0 Å². The summed E-state index contributed by atoms with van der Waals surface area (Å²) in [6.45, 7) is 0.858. The van der Waals surface area contributed by atoms with Crippen molar-refractivity contribution in [1.82, 2.24) is 5.32 Å². The molecule has 1 aliphatic heterocycles. The maximum Gasteiger partial charge on any atom is 0.320 e. The molecule has 0 aromatic heterocycles.